The predicted octanol–water partition coefficient (Wildman–Crippen LogP) is 4.43. The Morgan fingerprint density at radius 2 is 1.66 bits per heavy atom. The fourth-order valence-electron chi connectivity index (χ4n) is 4.75. The molecular formula is C28H28N2O5. The van der Waals surface area contributed by atoms with Crippen molar-refractivity contribution in [2.75, 3.05) is 25.7 Å². The predicted molar refractivity (Wildman–Crippen MR) is 132 cm³/mol. The second-order valence-electron chi connectivity index (χ2n) is 8.72. The van der Waals surface area contributed by atoms with Gasteiger partial charge in [-0.05, 0) is 42.2 Å². The molecule has 0 spiro atoms. The molecule has 0 unspecified atom stereocenters. The van der Waals surface area contributed by atoms with Crippen molar-refractivity contribution in [3.8, 4) is 17.2 Å². The number of fused-ring (bicyclic) bond motifs is 2. The molecule has 0 bridgehead atoms. The van der Waals surface area contributed by atoms with Crippen molar-refractivity contribution in [3.05, 3.63) is 83.4 Å². The number of ether oxygens (including phenoxy) is 3. The molecule has 2 aliphatic heterocycles. The zero-order valence-electron chi connectivity index (χ0n) is 19.9. The Labute approximate surface area is 204 Å². The number of anilines is 1. The van der Waals surface area contributed by atoms with E-state index in [9.17, 15) is 9.59 Å². The third-order valence-corrected chi connectivity index (χ3v) is 6.60. The average molecular weight is 473 g/mol. The van der Waals surface area contributed by atoms with Gasteiger partial charge in [0.15, 0.2) is 11.5 Å². The van der Waals surface area contributed by atoms with Crippen LogP contribution >= 0.6 is 0 Å². The molecule has 1 atom stereocenters. The summed E-state index contributed by atoms with van der Waals surface area (Å²) in [5, 5.41) is 0. The first-order valence-electron chi connectivity index (χ1n) is 11.7. The summed E-state index contributed by atoms with van der Waals surface area (Å²) < 4.78 is 17.0. The van der Waals surface area contributed by atoms with Gasteiger partial charge in [0.2, 0.25) is 5.91 Å². The summed E-state index contributed by atoms with van der Waals surface area (Å²) in [5.41, 5.74) is 2.92. The zero-order valence-corrected chi connectivity index (χ0v) is 19.9. The maximum absolute atomic E-state index is 13.7. The van der Waals surface area contributed by atoms with Crippen LogP contribution in [0.5, 0.6) is 17.2 Å². The number of nitrogens with zero attached hydrogens (tertiary/aromatic N) is 2. The summed E-state index contributed by atoms with van der Waals surface area (Å²) in [6.45, 7) is 1.24. The molecule has 1 fully saturated rings. The number of methoxy groups -OCH3 is 2. The second-order valence-corrected chi connectivity index (χ2v) is 8.72. The number of amides is 2. The van der Waals surface area contributed by atoms with Crippen molar-refractivity contribution >= 4 is 17.5 Å². The van der Waals surface area contributed by atoms with Crippen LogP contribution < -0.4 is 19.1 Å². The summed E-state index contributed by atoms with van der Waals surface area (Å²) in [5.74, 6) is 1.46. The van der Waals surface area contributed by atoms with E-state index in [4.69, 9.17) is 14.2 Å². The smallest absolute Gasteiger partial charge is 0.256 e. The summed E-state index contributed by atoms with van der Waals surface area (Å²) in [4.78, 5) is 30.7. The first-order valence-corrected chi connectivity index (χ1v) is 11.7. The number of rotatable bonds is 7. The van der Waals surface area contributed by atoms with Crippen LogP contribution in [0.15, 0.2) is 66.7 Å². The van der Waals surface area contributed by atoms with E-state index in [-0.39, 0.29) is 11.8 Å². The molecule has 35 heavy (non-hydrogen) atoms. The molecule has 7 heteroatoms. The van der Waals surface area contributed by atoms with Crippen molar-refractivity contribution in [3.63, 3.8) is 0 Å². The fraction of sp³-hybridized carbons (Fsp3) is 0.286. The standard InChI is InChI=1S/C28H28N2O5/c1-33-21-12-10-19(11-13-21)17-30-24-16-26(35-18-20-7-4-3-5-8-20)25(34-2)15-22(24)27(31)29-14-6-9-23(29)28(30)32/h3-5,7-8,10-13,15-16,23H,6,9,14,17-18H2,1-2H3/t23-/m0/s1. The van der Waals surface area contributed by atoms with Gasteiger partial charge in [0.25, 0.3) is 5.91 Å². The van der Waals surface area contributed by atoms with Crippen molar-refractivity contribution in [2.24, 2.45) is 0 Å². The molecule has 3 aromatic carbocycles. The molecule has 7 nitrogen and oxygen atoms in total. The highest BCUT2D eigenvalue weighted by atomic mass is 16.5. The molecule has 0 radical (unpaired) electrons. The Morgan fingerprint density at radius 3 is 2.37 bits per heavy atom. The summed E-state index contributed by atoms with van der Waals surface area (Å²) in [6.07, 6.45) is 1.47. The average Bonchev–Trinajstić information content (AvgIpc) is 3.38. The van der Waals surface area contributed by atoms with Crippen LogP contribution in [-0.2, 0) is 17.9 Å². The van der Waals surface area contributed by atoms with E-state index >= 15 is 0 Å². The SMILES string of the molecule is COc1ccc(CN2C(=O)[C@@H]3CCCN3C(=O)c3cc(OC)c(OCc4ccccc4)cc32)cc1. The highest BCUT2D eigenvalue weighted by molar-refractivity contribution is 6.11. The third kappa shape index (κ3) is 4.41. The van der Waals surface area contributed by atoms with Gasteiger partial charge < -0.3 is 24.0 Å². The molecule has 0 aromatic heterocycles. The quantitative estimate of drug-likeness (QED) is 0.509. The van der Waals surface area contributed by atoms with E-state index in [1.54, 1.807) is 36.2 Å². The molecule has 0 saturated carbocycles. The minimum Gasteiger partial charge on any atom is -0.497 e. The van der Waals surface area contributed by atoms with Crippen LogP contribution in [0.2, 0.25) is 0 Å². The van der Waals surface area contributed by atoms with Crippen LogP contribution in [0.4, 0.5) is 5.69 Å². The number of hydrogen-bond donors (Lipinski definition) is 0. The van der Waals surface area contributed by atoms with Gasteiger partial charge in [0, 0.05) is 12.6 Å². The molecule has 2 heterocycles. The van der Waals surface area contributed by atoms with Gasteiger partial charge in [-0.3, -0.25) is 9.59 Å². The van der Waals surface area contributed by atoms with E-state index < -0.39 is 6.04 Å². The highest BCUT2D eigenvalue weighted by Gasteiger charge is 2.42. The third-order valence-electron chi connectivity index (χ3n) is 6.60. The Kier molecular flexibility index (Phi) is 6.31. The molecule has 2 aliphatic rings. The van der Waals surface area contributed by atoms with Crippen LogP contribution in [0.1, 0.15) is 34.3 Å². The molecule has 5 rings (SSSR count). The zero-order chi connectivity index (χ0) is 24.4. The van der Waals surface area contributed by atoms with Gasteiger partial charge in [-0.15, -0.1) is 0 Å². The summed E-state index contributed by atoms with van der Waals surface area (Å²) in [7, 11) is 3.17. The topological polar surface area (TPSA) is 68.3 Å². The van der Waals surface area contributed by atoms with Gasteiger partial charge in [0.1, 0.15) is 18.4 Å². The van der Waals surface area contributed by atoms with Crippen LogP contribution in [-0.4, -0.2) is 43.5 Å². The fourth-order valence-corrected chi connectivity index (χ4v) is 4.75. The van der Waals surface area contributed by atoms with E-state index in [1.807, 2.05) is 54.6 Å². The van der Waals surface area contributed by atoms with Crippen LogP contribution in [0.25, 0.3) is 0 Å². The molecule has 180 valence electrons. The maximum atomic E-state index is 13.7. The largest absolute Gasteiger partial charge is 0.497 e. The number of carbonyl (C=O) groups excluding carboxylic acids is 2. The highest BCUT2D eigenvalue weighted by Crippen LogP contribution is 2.40. The number of hydrogen-bond acceptors (Lipinski definition) is 5. The van der Waals surface area contributed by atoms with E-state index in [1.165, 1.54) is 0 Å². The van der Waals surface area contributed by atoms with Crippen molar-refractivity contribution < 1.29 is 23.8 Å². The van der Waals surface area contributed by atoms with Gasteiger partial charge in [-0.2, -0.15) is 0 Å². The second kappa shape index (κ2) is 9.70. The first kappa shape index (κ1) is 22.8. The maximum Gasteiger partial charge on any atom is 0.256 e. The lowest BCUT2D eigenvalue weighted by Crippen LogP contribution is -2.44. The van der Waals surface area contributed by atoms with Gasteiger partial charge in [-0.1, -0.05) is 42.5 Å². The Balaban J connectivity index is 1.56. The molecule has 0 aliphatic carbocycles. The van der Waals surface area contributed by atoms with Crippen molar-refractivity contribution in [1.29, 1.82) is 0 Å². The normalized spacial score (nSPS) is 17.0. The molecule has 1 saturated heterocycles. The monoisotopic (exact) mass is 472 g/mol. The number of benzene rings is 3. The van der Waals surface area contributed by atoms with Gasteiger partial charge in [-0.25, -0.2) is 0 Å². The van der Waals surface area contributed by atoms with Crippen LogP contribution in [0, 0.1) is 0 Å². The van der Waals surface area contributed by atoms with Gasteiger partial charge in [0.05, 0.1) is 32.0 Å². The molecule has 0 N–H and O–H groups in total. The molecule has 2 amide bonds. The van der Waals surface area contributed by atoms with Crippen LogP contribution in [0.3, 0.4) is 0 Å². The minimum absolute atomic E-state index is 0.0791. The van der Waals surface area contributed by atoms with Crippen molar-refractivity contribution in [2.45, 2.75) is 32.0 Å². The Bertz CT molecular complexity index is 1230. The Morgan fingerprint density at radius 1 is 0.886 bits per heavy atom. The number of carbonyl (C=O) groups is 2. The molecular weight excluding hydrogens is 444 g/mol. The molecule has 3 aromatic rings. The lowest BCUT2D eigenvalue weighted by molar-refractivity contribution is -0.122. The van der Waals surface area contributed by atoms with Crippen molar-refractivity contribution in [1.82, 2.24) is 4.90 Å². The summed E-state index contributed by atoms with van der Waals surface area (Å²) >= 11 is 0. The van der Waals surface area contributed by atoms with Gasteiger partial charge >= 0.3 is 0 Å². The minimum atomic E-state index is -0.465. The van der Waals surface area contributed by atoms with E-state index in [2.05, 4.69) is 0 Å². The van der Waals surface area contributed by atoms with E-state index in [0.29, 0.717) is 48.9 Å². The lowest BCUT2D eigenvalue weighted by Gasteiger charge is -2.26. The van der Waals surface area contributed by atoms with E-state index in [0.717, 1.165) is 23.3 Å². The Hall–Kier alpha value is -4.00. The summed E-state index contributed by atoms with van der Waals surface area (Å²) in [6, 6.07) is 20.4. The lowest BCUT2D eigenvalue weighted by atomic mass is 10.1. The first-order chi connectivity index (χ1) is 17.1.